The van der Waals surface area contributed by atoms with Crippen molar-refractivity contribution in [1.82, 2.24) is 0 Å². The molecule has 2 aromatic carbocycles. The van der Waals surface area contributed by atoms with E-state index >= 15 is 0 Å². The fourth-order valence-corrected chi connectivity index (χ4v) is 3.02. The van der Waals surface area contributed by atoms with Gasteiger partial charge in [-0.2, -0.15) is 0 Å². The average molecular weight is 415 g/mol. The molecule has 0 bridgehead atoms. The highest BCUT2D eigenvalue weighted by Crippen LogP contribution is 2.19. The van der Waals surface area contributed by atoms with Gasteiger partial charge in [-0.1, -0.05) is 56.0 Å². The highest BCUT2D eigenvalue weighted by Gasteiger charge is 2.05. The number of hydrogen-bond donors (Lipinski definition) is 0. The van der Waals surface area contributed by atoms with Crippen molar-refractivity contribution >= 4 is 0 Å². The molecule has 0 saturated carbocycles. The minimum atomic E-state index is 0.587. The maximum atomic E-state index is 5.85. The molecule has 0 fully saturated rings. The van der Waals surface area contributed by atoms with Gasteiger partial charge >= 0.3 is 0 Å². The molecule has 0 spiro atoms. The predicted octanol–water partition coefficient (Wildman–Crippen LogP) is 5.71. The molecule has 30 heavy (non-hydrogen) atoms. The lowest BCUT2D eigenvalue weighted by molar-refractivity contribution is -0.870. The van der Waals surface area contributed by atoms with Crippen molar-refractivity contribution in [1.29, 1.82) is 0 Å². The van der Waals surface area contributed by atoms with Crippen molar-refractivity contribution in [2.45, 2.75) is 45.1 Å². The molecular formula is C26H40NO3+. The summed E-state index contributed by atoms with van der Waals surface area (Å²) in [6.07, 6.45) is 7.32. The van der Waals surface area contributed by atoms with Crippen LogP contribution in [0.5, 0.6) is 11.5 Å². The molecule has 0 atom stereocenters. The smallest absolute Gasteiger partial charge is 0.120 e. The summed E-state index contributed by atoms with van der Waals surface area (Å²) in [6, 6.07) is 18.1. The first-order valence-electron chi connectivity index (χ1n) is 11.3. The van der Waals surface area contributed by atoms with Gasteiger partial charge in [0.05, 0.1) is 34.4 Å². The summed E-state index contributed by atoms with van der Waals surface area (Å²) >= 11 is 0. The molecule has 0 aliphatic rings. The van der Waals surface area contributed by atoms with Crippen LogP contribution >= 0.6 is 0 Å². The molecular weight excluding hydrogens is 374 g/mol. The third-order valence-electron chi connectivity index (χ3n) is 4.93. The van der Waals surface area contributed by atoms with E-state index < -0.39 is 0 Å². The molecule has 0 aliphatic carbocycles. The zero-order valence-corrected chi connectivity index (χ0v) is 19.1. The molecule has 2 aromatic rings. The highest BCUT2D eigenvalue weighted by atomic mass is 16.5. The monoisotopic (exact) mass is 414 g/mol. The lowest BCUT2D eigenvalue weighted by atomic mass is 10.1. The number of nitrogens with zero attached hydrogens (tertiary/aromatic N) is 1. The largest absolute Gasteiger partial charge is 0.494 e. The van der Waals surface area contributed by atoms with Crippen LogP contribution in [0.4, 0.5) is 0 Å². The Balaban J connectivity index is 1.42. The van der Waals surface area contributed by atoms with Crippen LogP contribution < -0.4 is 9.47 Å². The summed E-state index contributed by atoms with van der Waals surface area (Å²) in [5.41, 5.74) is 1.17. The van der Waals surface area contributed by atoms with Crippen molar-refractivity contribution in [3.8, 4) is 11.5 Å². The standard InChI is InChI=1S/C26H40NO3/c1-27(2,3)19-22-28-20-11-6-4-5-7-12-21-29-25-15-17-26(18-16-25)30-23-24-13-9-8-10-14-24/h8-10,13-18H,4-7,11-12,19-23H2,1-3H3/q+1. The molecule has 0 amide bonds. The first-order valence-corrected chi connectivity index (χ1v) is 11.3. The zero-order chi connectivity index (χ0) is 21.5. The van der Waals surface area contributed by atoms with E-state index in [2.05, 4.69) is 33.3 Å². The lowest BCUT2D eigenvalue weighted by Gasteiger charge is -2.23. The maximum Gasteiger partial charge on any atom is 0.120 e. The Morgan fingerprint density at radius 3 is 1.80 bits per heavy atom. The fraction of sp³-hybridized carbons (Fsp3) is 0.538. The Morgan fingerprint density at radius 1 is 0.600 bits per heavy atom. The Kier molecular flexibility index (Phi) is 11.3. The lowest BCUT2D eigenvalue weighted by Crippen LogP contribution is -2.37. The normalized spacial score (nSPS) is 11.4. The Labute approximate surface area is 183 Å². The molecule has 166 valence electrons. The number of rotatable bonds is 16. The maximum absolute atomic E-state index is 5.85. The second-order valence-corrected chi connectivity index (χ2v) is 8.84. The minimum absolute atomic E-state index is 0.587. The average Bonchev–Trinajstić information content (AvgIpc) is 2.74. The molecule has 0 radical (unpaired) electrons. The first-order chi connectivity index (χ1) is 14.5. The van der Waals surface area contributed by atoms with Gasteiger partial charge < -0.3 is 18.7 Å². The first kappa shape index (κ1) is 24.2. The minimum Gasteiger partial charge on any atom is -0.494 e. The van der Waals surface area contributed by atoms with Crippen molar-refractivity contribution in [2.75, 3.05) is 47.5 Å². The molecule has 0 N–H and O–H groups in total. The fourth-order valence-electron chi connectivity index (χ4n) is 3.02. The zero-order valence-electron chi connectivity index (χ0n) is 19.1. The number of benzene rings is 2. The van der Waals surface area contributed by atoms with Gasteiger partial charge in [0, 0.05) is 6.61 Å². The highest BCUT2D eigenvalue weighted by molar-refractivity contribution is 5.31. The van der Waals surface area contributed by atoms with Crippen LogP contribution in [0, 0.1) is 0 Å². The molecule has 0 aromatic heterocycles. The topological polar surface area (TPSA) is 27.7 Å². The van der Waals surface area contributed by atoms with Gasteiger partial charge in [-0.25, -0.2) is 0 Å². The van der Waals surface area contributed by atoms with E-state index in [4.69, 9.17) is 14.2 Å². The molecule has 4 nitrogen and oxygen atoms in total. The van der Waals surface area contributed by atoms with E-state index in [-0.39, 0.29) is 0 Å². The summed E-state index contributed by atoms with van der Waals surface area (Å²) in [7, 11) is 6.59. The van der Waals surface area contributed by atoms with Gasteiger partial charge in [0.25, 0.3) is 0 Å². The van der Waals surface area contributed by atoms with Crippen LogP contribution in [0.2, 0.25) is 0 Å². The molecule has 4 heteroatoms. The van der Waals surface area contributed by atoms with Gasteiger partial charge in [-0.05, 0) is 42.7 Å². The third-order valence-corrected chi connectivity index (χ3v) is 4.93. The number of hydrogen-bond acceptors (Lipinski definition) is 3. The van der Waals surface area contributed by atoms with Crippen molar-refractivity contribution in [3.05, 3.63) is 60.2 Å². The number of unbranched alkanes of at least 4 members (excludes halogenated alkanes) is 5. The second-order valence-electron chi connectivity index (χ2n) is 8.84. The van der Waals surface area contributed by atoms with Crippen LogP contribution in [0.3, 0.4) is 0 Å². The molecule has 0 heterocycles. The van der Waals surface area contributed by atoms with Crippen LogP contribution in [0.25, 0.3) is 0 Å². The number of ether oxygens (including phenoxy) is 3. The van der Waals surface area contributed by atoms with E-state index in [1.165, 1.54) is 37.7 Å². The Hall–Kier alpha value is -2.04. The van der Waals surface area contributed by atoms with Crippen LogP contribution in [0.15, 0.2) is 54.6 Å². The van der Waals surface area contributed by atoms with E-state index in [9.17, 15) is 0 Å². The van der Waals surface area contributed by atoms with E-state index in [0.717, 1.165) is 48.8 Å². The van der Waals surface area contributed by atoms with E-state index in [1.807, 2.05) is 42.5 Å². The Morgan fingerprint density at radius 2 is 1.17 bits per heavy atom. The van der Waals surface area contributed by atoms with Gasteiger partial charge in [0.1, 0.15) is 24.7 Å². The molecule has 0 unspecified atom stereocenters. The summed E-state index contributed by atoms with van der Waals surface area (Å²) in [5, 5.41) is 0. The molecule has 0 saturated heterocycles. The SMILES string of the molecule is C[N+](C)(C)CCOCCCCCCCCOc1ccc(OCc2ccccc2)cc1. The Bertz CT molecular complexity index is 665. The van der Waals surface area contributed by atoms with Crippen LogP contribution in [-0.4, -0.2) is 52.0 Å². The van der Waals surface area contributed by atoms with Gasteiger partial charge in [-0.3, -0.25) is 0 Å². The second kappa shape index (κ2) is 14.1. The number of likely N-dealkylation sites (N-methyl/N-ethyl adjacent to an activating group) is 1. The summed E-state index contributed by atoms with van der Waals surface area (Å²) in [4.78, 5) is 0. The van der Waals surface area contributed by atoms with Gasteiger partial charge in [0.15, 0.2) is 0 Å². The molecule has 0 aliphatic heterocycles. The third kappa shape index (κ3) is 11.8. The summed E-state index contributed by atoms with van der Waals surface area (Å²) in [5.74, 6) is 1.78. The van der Waals surface area contributed by atoms with Crippen LogP contribution in [0.1, 0.15) is 44.1 Å². The number of quaternary nitrogens is 1. The van der Waals surface area contributed by atoms with E-state index in [1.54, 1.807) is 0 Å². The van der Waals surface area contributed by atoms with Crippen molar-refractivity contribution < 1.29 is 18.7 Å². The quantitative estimate of drug-likeness (QED) is 0.260. The predicted molar refractivity (Wildman–Crippen MR) is 124 cm³/mol. The van der Waals surface area contributed by atoms with Gasteiger partial charge in [-0.15, -0.1) is 0 Å². The van der Waals surface area contributed by atoms with Crippen molar-refractivity contribution in [2.24, 2.45) is 0 Å². The van der Waals surface area contributed by atoms with E-state index in [0.29, 0.717) is 6.61 Å². The van der Waals surface area contributed by atoms with Crippen LogP contribution in [-0.2, 0) is 11.3 Å². The van der Waals surface area contributed by atoms with Crippen molar-refractivity contribution in [3.63, 3.8) is 0 Å². The van der Waals surface area contributed by atoms with Gasteiger partial charge in [0.2, 0.25) is 0 Å². The summed E-state index contributed by atoms with van der Waals surface area (Å²) in [6.45, 7) is 4.19. The summed E-state index contributed by atoms with van der Waals surface area (Å²) < 4.78 is 18.3. The molecule has 2 rings (SSSR count).